The minimum Gasteiger partial charge on any atom is -0.354 e. The summed E-state index contributed by atoms with van der Waals surface area (Å²) in [6.07, 6.45) is 7.36. The van der Waals surface area contributed by atoms with E-state index in [1.54, 1.807) is 24.6 Å². The number of nitrogens with one attached hydrogen (secondary N) is 1. The van der Waals surface area contributed by atoms with Gasteiger partial charge in [0.1, 0.15) is 9.88 Å². The average molecular weight is 307 g/mol. The number of amides is 1. The van der Waals surface area contributed by atoms with Crippen molar-refractivity contribution < 1.29 is 4.79 Å². The third-order valence-electron chi connectivity index (χ3n) is 2.53. The van der Waals surface area contributed by atoms with Gasteiger partial charge in [0, 0.05) is 23.5 Å². The molecule has 0 radical (unpaired) electrons. The second-order valence-electron chi connectivity index (χ2n) is 5.29. The topological polar surface area (TPSA) is 54.9 Å². The first kappa shape index (κ1) is 14.9. The molecule has 0 spiro atoms. The fraction of sp³-hybridized carbons (Fsp3) is 0.357. The summed E-state index contributed by atoms with van der Waals surface area (Å²) in [5, 5.41) is 4.52. The molecule has 0 aliphatic rings. The van der Waals surface area contributed by atoms with E-state index in [1.165, 1.54) is 11.3 Å². The van der Waals surface area contributed by atoms with E-state index in [4.69, 9.17) is 0 Å². The van der Waals surface area contributed by atoms with Crippen LogP contribution in [-0.2, 0) is 5.41 Å². The highest BCUT2D eigenvalue weighted by atomic mass is 32.1. The third kappa shape index (κ3) is 3.52. The fourth-order valence-corrected chi connectivity index (χ4v) is 3.10. The zero-order valence-corrected chi connectivity index (χ0v) is 13.6. The maximum Gasteiger partial charge on any atom is 0.262 e. The molecule has 2 aromatic rings. The van der Waals surface area contributed by atoms with Crippen molar-refractivity contribution in [1.82, 2.24) is 15.3 Å². The number of nitrogens with zero attached hydrogens (tertiary/aromatic N) is 2. The van der Waals surface area contributed by atoms with Gasteiger partial charge in [0.15, 0.2) is 0 Å². The van der Waals surface area contributed by atoms with Gasteiger partial charge in [-0.15, -0.1) is 22.7 Å². The van der Waals surface area contributed by atoms with Crippen molar-refractivity contribution in [2.75, 3.05) is 7.05 Å². The monoisotopic (exact) mass is 307 g/mol. The fourth-order valence-electron chi connectivity index (χ4n) is 1.46. The van der Waals surface area contributed by atoms with Gasteiger partial charge in [-0.05, 0) is 12.2 Å². The number of rotatable bonds is 3. The third-order valence-corrected chi connectivity index (χ3v) is 4.88. The van der Waals surface area contributed by atoms with Crippen molar-refractivity contribution >= 4 is 40.7 Å². The summed E-state index contributed by atoms with van der Waals surface area (Å²) in [6, 6.07) is 0. The molecule has 0 fully saturated rings. The zero-order valence-electron chi connectivity index (χ0n) is 11.9. The predicted octanol–water partition coefficient (Wildman–Crippen LogP) is 3.43. The Morgan fingerprint density at radius 3 is 2.55 bits per heavy atom. The predicted molar refractivity (Wildman–Crippen MR) is 85.2 cm³/mol. The van der Waals surface area contributed by atoms with Crippen LogP contribution in [0.15, 0.2) is 12.4 Å². The Bertz CT molecular complexity index is 635. The lowest BCUT2D eigenvalue weighted by molar-refractivity contribution is 0.0967. The van der Waals surface area contributed by atoms with Crippen LogP contribution in [-0.4, -0.2) is 22.9 Å². The van der Waals surface area contributed by atoms with Crippen LogP contribution in [0.3, 0.4) is 0 Å². The van der Waals surface area contributed by atoms with Crippen molar-refractivity contribution in [2.24, 2.45) is 0 Å². The minimum atomic E-state index is -0.102. The summed E-state index contributed by atoms with van der Waals surface area (Å²) < 4.78 is 0. The molecule has 0 saturated heterocycles. The molecule has 1 N–H and O–H groups in total. The highest BCUT2D eigenvalue weighted by molar-refractivity contribution is 7.14. The summed E-state index contributed by atoms with van der Waals surface area (Å²) in [4.78, 5) is 21.8. The Morgan fingerprint density at radius 2 is 1.95 bits per heavy atom. The lowest BCUT2D eigenvalue weighted by Gasteiger charge is -2.13. The first-order chi connectivity index (χ1) is 9.40. The Hall–Kier alpha value is -1.53. The number of hydrogen-bond donors (Lipinski definition) is 1. The van der Waals surface area contributed by atoms with E-state index in [9.17, 15) is 4.79 Å². The van der Waals surface area contributed by atoms with E-state index in [2.05, 4.69) is 36.1 Å². The van der Waals surface area contributed by atoms with Crippen LogP contribution in [0.25, 0.3) is 12.2 Å². The molecule has 2 heterocycles. The molecule has 2 aromatic heterocycles. The zero-order chi connectivity index (χ0) is 14.8. The lowest BCUT2D eigenvalue weighted by Crippen LogP contribution is -2.16. The lowest BCUT2D eigenvalue weighted by atomic mass is 9.98. The number of aromatic nitrogens is 2. The second kappa shape index (κ2) is 5.85. The van der Waals surface area contributed by atoms with Crippen molar-refractivity contribution in [1.29, 1.82) is 0 Å². The number of thiazole rings is 2. The normalized spacial score (nSPS) is 12.0. The van der Waals surface area contributed by atoms with E-state index < -0.39 is 0 Å². The molecule has 4 nitrogen and oxygen atoms in total. The molecule has 1 amide bonds. The molecule has 0 atom stereocenters. The Labute approximate surface area is 126 Å². The molecule has 20 heavy (non-hydrogen) atoms. The summed E-state index contributed by atoms with van der Waals surface area (Å²) >= 11 is 3.05. The SMILES string of the molecule is CNC(=O)c1cnc(/C=C/c2cnc(C(C)(C)C)s2)s1. The quantitative estimate of drug-likeness (QED) is 0.945. The van der Waals surface area contributed by atoms with E-state index >= 15 is 0 Å². The highest BCUT2D eigenvalue weighted by Gasteiger charge is 2.17. The molecule has 0 saturated carbocycles. The first-order valence-corrected chi connectivity index (χ1v) is 7.86. The summed E-state index contributed by atoms with van der Waals surface area (Å²) in [5.41, 5.74) is 0.0737. The van der Waals surface area contributed by atoms with Gasteiger partial charge in [0.25, 0.3) is 5.91 Å². The standard InChI is InChI=1S/C14H17N3OS2/c1-14(2,3)13-17-7-9(19-13)5-6-11-16-8-10(20-11)12(18)15-4/h5-8H,1-4H3,(H,15,18)/b6-5+. The molecule has 0 aromatic carbocycles. The smallest absolute Gasteiger partial charge is 0.262 e. The summed E-state index contributed by atoms with van der Waals surface area (Å²) in [6.45, 7) is 6.45. The van der Waals surface area contributed by atoms with E-state index in [1.807, 2.05) is 18.3 Å². The molecule has 6 heteroatoms. The van der Waals surface area contributed by atoms with Crippen LogP contribution in [0.5, 0.6) is 0 Å². The van der Waals surface area contributed by atoms with Crippen LogP contribution in [0, 0.1) is 0 Å². The summed E-state index contributed by atoms with van der Waals surface area (Å²) in [5.74, 6) is -0.102. The molecular weight excluding hydrogens is 290 g/mol. The molecule has 0 aliphatic heterocycles. The summed E-state index contributed by atoms with van der Waals surface area (Å²) in [7, 11) is 1.61. The Morgan fingerprint density at radius 1 is 1.20 bits per heavy atom. The molecule has 0 bridgehead atoms. The molecule has 106 valence electrons. The van der Waals surface area contributed by atoms with E-state index in [0.29, 0.717) is 4.88 Å². The van der Waals surface area contributed by atoms with Gasteiger partial charge in [0.2, 0.25) is 0 Å². The van der Waals surface area contributed by atoms with Crippen molar-refractivity contribution in [3.8, 4) is 0 Å². The number of carbonyl (C=O) groups excluding carboxylic acids is 1. The highest BCUT2D eigenvalue weighted by Crippen LogP contribution is 2.28. The van der Waals surface area contributed by atoms with Crippen molar-refractivity contribution in [3.63, 3.8) is 0 Å². The van der Waals surface area contributed by atoms with Crippen LogP contribution in [0.1, 0.15) is 45.3 Å². The number of hydrogen-bond acceptors (Lipinski definition) is 5. The van der Waals surface area contributed by atoms with Gasteiger partial charge in [-0.2, -0.15) is 0 Å². The molecule has 0 unspecified atom stereocenters. The van der Waals surface area contributed by atoms with Crippen LogP contribution in [0.2, 0.25) is 0 Å². The molecule has 0 aliphatic carbocycles. The maximum atomic E-state index is 11.4. The van der Waals surface area contributed by atoms with E-state index in [0.717, 1.165) is 14.9 Å². The van der Waals surface area contributed by atoms with Gasteiger partial charge >= 0.3 is 0 Å². The average Bonchev–Trinajstić information content (AvgIpc) is 3.03. The van der Waals surface area contributed by atoms with Crippen LogP contribution in [0.4, 0.5) is 0 Å². The van der Waals surface area contributed by atoms with Gasteiger partial charge in [-0.1, -0.05) is 20.8 Å². The van der Waals surface area contributed by atoms with Gasteiger partial charge in [-0.25, -0.2) is 9.97 Å². The van der Waals surface area contributed by atoms with Gasteiger partial charge < -0.3 is 5.32 Å². The molecule has 2 rings (SSSR count). The maximum absolute atomic E-state index is 11.4. The first-order valence-electron chi connectivity index (χ1n) is 6.22. The van der Waals surface area contributed by atoms with Crippen LogP contribution < -0.4 is 5.32 Å². The molecular formula is C14H17N3OS2. The Balaban J connectivity index is 2.11. The second-order valence-corrected chi connectivity index (χ2v) is 7.42. The number of carbonyl (C=O) groups is 1. The largest absolute Gasteiger partial charge is 0.354 e. The Kier molecular flexibility index (Phi) is 4.35. The van der Waals surface area contributed by atoms with Crippen molar-refractivity contribution in [3.05, 3.63) is 32.2 Å². The van der Waals surface area contributed by atoms with E-state index in [-0.39, 0.29) is 11.3 Å². The van der Waals surface area contributed by atoms with Crippen molar-refractivity contribution in [2.45, 2.75) is 26.2 Å². The van der Waals surface area contributed by atoms with Gasteiger partial charge in [0.05, 0.1) is 11.2 Å². The minimum absolute atomic E-state index is 0.0737. The van der Waals surface area contributed by atoms with Crippen LogP contribution >= 0.6 is 22.7 Å². The van der Waals surface area contributed by atoms with Gasteiger partial charge in [-0.3, -0.25) is 4.79 Å².